The number of rotatable bonds is 1. The first-order chi connectivity index (χ1) is 11.6. The highest BCUT2D eigenvalue weighted by Gasteiger charge is 2.56. The van der Waals surface area contributed by atoms with E-state index in [0.717, 1.165) is 4.88 Å². The average molecular weight is 364 g/mol. The standard InChI is InChI=1S/C17H24N4O3S/c1-16(2,3)24-15(23)18-14-19-17(12-7-6-8-25-12)10-20(4)9-11(17)13(22)21(14)5/h6-8,11H,9-10H2,1-5H3,(H,18,19,23)/t11?,17-/m1/s1. The van der Waals surface area contributed by atoms with Crippen LogP contribution >= 0.6 is 11.3 Å². The summed E-state index contributed by atoms with van der Waals surface area (Å²) >= 11 is 1.60. The second kappa shape index (κ2) is 6.10. The number of hydrogen-bond acceptors (Lipinski definition) is 5. The molecule has 0 bridgehead atoms. The van der Waals surface area contributed by atoms with E-state index in [1.807, 2.05) is 24.6 Å². The Morgan fingerprint density at radius 3 is 2.76 bits per heavy atom. The molecule has 7 nitrogen and oxygen atoms in total. The summed E-state index contributed by atoms with van der Waals surface area (Å²) in [4.78, 5) is 33.7. The molecule has 0 aliphatic carbocycles. The molecular formula is C17H24N4O3S. The van der Waals surface area contributed by atoms with Crippen molar-refractivity contribution < 1.29 is 14.3 Å². The van der Waals surface area contributed by atoms with Gasteiger partial charge in [-0.1, -0.05) is 6.07 Å². The predicted octanol–water partition coefficient (Wildman–Crippen LogP) is 1.86. The number of carbonyl (C=O) groups excluding carboxylic acids is 2. The number of thiophene rings is 1. The van der Waals surface area contributed by atoms with Gasteiger partial charge in [-0.3, -0.25) is 9.69 Å². The van der Waals surface area contributed by atoms with Crippen LogP contribution in [-0.4, -0.2) is 60.5 Å². The molecule has 1 N–H and O–H groups in total. The Hall–Kier alpha value is -1.93. The number of nitrogens with one attached hydrogen (secondary N) is 1. The normalized spacial score (nSPS) is 28.8. The lowest BCUT2D eigenvalue weighted by Gasteiger charge is -2.43. The number of fused-ring (bicyclic) bond motifs is 1. The van der Waals surface area contributed by atoms with Gasteiger partial charge in [0.2, 0.25) is 11.9 Å². The summed E-state index contributed by atoms with van der Waals surface area (Å²) in [7, 11) is 3.63. The number of ether oxygens (including phenoxy) is 1. The summed E-state index contributed by atoms with van der Waals surface area (Å²) in [6.07, 6.45) is -0.708. The van der Waals surface area contributed by atoms with E-state index in [-0.39, 0.29) is 17.8 Å². The first-order valence-corrected chi connectivity index (χ1v) is 9.10. The fraction of sp³-hybridized carbons (Fsp3) is 0.588. The van der Waals surface area contributed by atoms with E-state index in [1.54, 1.807) is 39.2 Å². The van der Waals surface area contributed by atoms with Crippen LogP contribution in [0, 0.1) is 5.92 Å². The number of aliphatic imine (C=N–C) groups is 1. The summed E-state index contributed by atoms with van der Waals surface area (Å²) in [6.45, 7) is 6.68. The molecule has 136 valence electrons. The number of nitrogens with zero attached hydrogens (tertiary/aromatic N) is 3. The van der Waals surface area contributed by atoms with Crippen LogP contribution in [0.3, 0.4) is 0 Å². The second-order valence-electron chi connectivity index (χ2n) is 7.64. The summed E-state index contributed by atoms with van der Waals surface area (Å²) in [5.41, 5.74) is -1.20. The van der Waals surface area contributed by atoms with Crippen molar-refractivity contribution in [2.75, 3.05) is 27.2 Å². The van der Waals surface area contributed by atoms with Crippen LogP contribution in [0.4, 0.5) is 4.79 Å². The summed E-state index contributed by atoms with van der Waals surface area (Å²) in [5.74, 6) is -0.0308. The zero-order chi connectivity index (χ0) is 18.4. The molecule has 0 spiro atoms. The van der Waals surface area contributed by atoms with Crippen molar-refractivity contribution in [3.8, 4) is 0 Å². The number of carbonyl (C=O) groups is 2. The van der Waals surface area contributed by atoms with Crippen molar-refractivity contribution in [2.45, 2.75) is 31.9 Å². The van der Waals surface area contributed by atoms with Crippen LogP contribution in [0.15, 0.2) is 22.5 Å². The maximum absolute atomic E-state index is 13.0. The van der Waals surface area contributed by atoms with Crippen LogP contribution in [-0.2, 0) is 15.1 Å². The van der Waals surface area contributed by atoms with Crippen molar-refractivity contribution in [3.05, 3.63) is 22.4 Å². The highest BCUT2D eigenvalue weighted by Crippen LogP contribution is 2.41. The zero-order valence-electron chi connectivity index (χ0n) is 15.2. The molecule has 3 rings (SSSR count). The van der Waals surface area contributed by atoms with Gasteiger partial charge < -0.3 is 15.0 Å². The highest BCUT2D eigenvalue weighted by atomic mass is 32.1. The molecule has 2 atom stereocenters. The maximum Gasteiger partial charge on any atom is 0.437 e. The molecule has 1 aromatic heterocycles. The lowest BCUT2D eigenvalue weighted by atomic mass is 9.83. The minimum absolute atomic E-state index is 0.0428. The monoisotopic (exact) mass is 364 g/mol. The first kappa shape index (κ1) is 17.9. The molecule has 8 heteroatoms. The second-order valence-corrected chi connectivity index (χ2v) is 8.58. The van der Waals surface area contributed by atoms with E-state index in [0.29, 0.717) is 13.1 Å². The Kier molecular flexibility index (Phi) is 4.36. The van der Waals surface area contributed by atoms with Gasteiger partial charge in [0.25, 0.3) is 0 Å². The number of amides is 2. The molecule has 2 saturated heterocycles. The smallest absolute Gasteiger partial charge is 0.437 e. The van der Waals surface area contributed by atoms with Gasteiger partial charge in [-0.2, -0.15) is 0 Å². The topological polar surface area (TPSA) is 74.2 Å². The predicted molar refractivity (Wildman–Crippen MR) is 96.6 cm³/mol. The average Bonchev–Trinajstić information content (AvgIpc) is 3.10. The molecule has 2 aliphatic rings. The SMILES string of the molecule is CN1CC2C(=O)N(C)/C(=N/C(=O)OC(C)(C)C)N[C@]2(c2cccs2)C1. The molecule has 0 radical (unpaired) electrons. The number of likely N-dealkylation sites (tertiary alicyclic amines) is 1. The van der Waals surface area contributed by atoms with Crippen LogP contribution in [0.5, 0.6) is 0 Å². The quantitative estimate of drug-likeness (QED) is 0.823. The Balaban J connectivity index is 1.97. The summed E-state index contributed by atoms with van der Waals surface area (Å²) in [5, 5.41) is 5.38. The zero-order valence-corrected chi connectivity index (χ0v) is 16.0. The van der Waals surface area contributed by atoms with E-state index < -0.39 is 17.2 Å². The van der Waals surface area contributed by atoms with E-state index in [9.17, 15) is 9.59 Å². The minimum atomic E-state index is -0.708. The van der Waals surface area contributed by atoms with Gasteiger partial charge in [0.1, 0.15) is 5.60 Å². The third-order valence-electron chi connectivity index (χ3n) is 4.44. The summed E-state index contributed by atoms with van der Waals surface area (Å²) < 4.78 is 5.27. The Bertz CT molecular complexity index is 710. The molecule has 25 heavy (non-hydrogen) atoms. The van der Waals surface area contributed by atoms with E-state index in [1.165, 1.54) is 4.90 Å². The highest BCUT2D eigenvalue weighted by molar-refractivity contribution is 7.10. The van der Waals surface area contributed by atoms with Crippen molar-refractivity contribution in [1.29, 1.82) is 0 Å². The van der Waals surface area contributed by atoms with Gasteiger partial charge in [0.15, 0.2) is 0 Å². The Morgan fingerprint density at radius 1 is 1.44 bits per heavy atom. The van der Waals surface area contributed by atoms with E-state index in [2.05, 4.69) is 15.2 Å². The van der Waals surface area contributed by atoms with E-state index in [4.69, 9.17) is 4.74 Å². The van der Waals surface area contributed by atoms with Gasteiger partial charge in [-0.25, -0.2) is 4.79 Å². The van der Waals surface area contributed by atoms with Crippen molar-refractivity contribution in [2.24, 2.45) is 10.9 Å². The van der Waals surface area contributed by atoms with Gasteiger partial charge in [-0.05, 0) is 39.3 Å². The molecule has 1 aromatic rings. The molecule has 2 amide bonds. The minimum Gasteiger partial charge on any atom is -0.442 e. The molecule has 0 aromatic carbocycles. The van der Waals surface area contributed by atoms with Crippen molar-refractivity contribution in [1.82, 2.24) is 15.1 Å². The molecule has 1 unspecified atom stereocenters. The molecule has 2 fully saturated rings. The summed E-state index contributed by atoms with van der Waals surface area (Å²) in [6, 6.07) is 3.99. The van der Waals surface area contributed by atoms with Crippen molar-refractivity contribution in [3.63, 3.8) is 0 Å². The fourth-order valence-electron chi connectivity index (χ4n) is 3.42. The molecule has 2 aliphatic heterocycles. The van der Waals surface area contributed by atoms with Gasteiger partial charge in [0, 0.05) is 25.0 Å². The Labute approximate surface area is 151 Å². The van der Waals surface area contributed by atoms with Crippen LogP contribution in [0.25, 0.3) is 0 Å². The third-order valence-corrected chi connectivity index (χ3v) is 5.49. The number of hydrogen-bond donors (Lipinski definition) is 1. The molecule has 3 heterocycles. The van der Waals surface area contributed by atoms with E-state index >= 15 is 0 Å². The Morgan fingerprint density at radius 2 is 2.16 bits per heavy atom. The van der Waals surface area contributed by atoms with Gasteiger partial charge in [-0.15, -0.1) is 16.3 Å². The number of likely N-dealkylation sites (N-methyl/N-ethyl adjacent to an activating group) is 1. The third kappa shape index (κ3) is 3.28. The first-order valence-electron chi connectivity index (χ1n) is 8.22. The molecular weight excluding hydrogens is 340 g/mol. The van der Waals surface area contributed by atoms with Crippen molar-refractivity contribution >= 4 is 29.3 Å². The van der Waals surface area contributed by atoms with Crippen LogP contribution in [0.1, 0.15) is 25.6 Å². The van der Waals surface area contributed by atoms with Gasteiger partial charge in [0.05, 0.1) is 11.5 Å². The molecule has 0 saturated carbocycles. The lowest BCUT2D eigenvalue weighted by Crippen LogP contribution is -2.65. The number of guanidine groups is 1. The maximum atomic E-state index is 13.0. The fourth-order valence-corrected chi connectivity index (χ4v) is 4.35. The van der Waals surface area contributed by atoms with Crippen LogP contribution in [0.2, 0.25) is 0 Å². The van der Waals surface area contributed by atoms with Crippen LogP contribution < -0.4 is 5.32 Å². The largest absolute Gasteiger partial charge is 0.442 e. The lowest BCUT2D eigenvalue weighted by molar-refractivity contribution is -0.134. The van der Waals surface area contributed by atoms with Gasteiger partial charge >= 0.3 is 6.09 Å².